The third-order valence-corrected chi connectivity index (χ3v) is 5.40. The maximum Gasteiger partial charge on any atom is 0.319 e. The lowest BCUT2D eigenvalue weighted by molar-refractivity contribution is 0.230. The van der Waals surface area contributed by atoms with Gasteiger partial charge in [-0.2, -0.15) is 0 Å². The zero-order valence-electron chi connectivity index (χ0n) is 17.2. The monoisotopic (exact) mass is 452 g/mol. The summed E-state index contributed by atoms with van der Waals surface area (Å²) >= 11 is 0. The van der Waals surface area contributed by atoms with Gasteiger partial charge in [-0.15, -0.1) is 0 Å². The highest BCUT2D eigenvalue weighted by molar-refractivity contribution is 5.90. The molecule has 0 aromatic heterocycles. The summed E-state index contributed by atoms with van der Waals surface area (Å²) < 4.78 is 54.5. The summed E-state index contributed by atoms with van der Waals surface area (Å²) in [5.41, 5.74) is -1.01. The van der Waals surface area contributed by atoms with Crippen molar-refractivity contribution in [3.05, 3.63) is 59.7 Å². The van der Waals surface area contributed by atoms with E-state index in [0.717, 1.165) is 43.5 Å². The molecule has 0 heterocycles. The van der Waals surface area contributed by atoms with Crippen LogP contribution in [0, 0.1) is 35.1 Å². The fourth-order valence-corrected chi connectivity index (χ4v) is 3.80. The first kappa shape index (κ1) is 23.4. The van der Waals surface area contributed by atoms with Crippen LogP contribution in [0.3, 0.4) is 0 Å². The van der Waals surface area contributed by atoms with Gasteiger partial charge in [0, 0.05) is 13.1 Å². The molecule has 2 unspecified atom stereocenters. The fourth-order valence-electron chi connectivity index (χ4n) is 3.80. The van der Waals surface area contributed by atoms with Crippen molar-refractivity contribution in [2.24, 2.45) is 11.8 Å². The molecular formula is C22H24F4N4O2. The average Bonchev–Trinajstić information content (AvgIpc) is 2.76. The molecule has 1 aliphatic rings. The molecule has 0 aliphatic heterocycles. The molecule has 6 nitrogen and oxygen atoms in total. The van der Waals surface area contributed by atoms with Gasteiger partial charge in [-0.25, -0.2) is 27.2 Å². The Morgan fingerprint density at radius 2 is 1.09 bits per heavy atom. The van der Waals surface area contributed by atoms with Crippen molar-refractivity contribution in [1.29, 1.82) is 0 Å². The van der Waals surface area contributed by atoms with Crippen molar-refractivity contribution >= 4 is 23.4 Å². The topological polar surface area (TPSA) is 82.3 Å². The van der Waals surface area contributed by atoms with E-state index in [0.29, 0.717) is 19.5 Å². The first-order valence-corrected chi connectivity index (χ1v) is 10.3. The zero-order valence-corrected chi connectivity index (χ0v) is 17.2. The molecule has 0 radical (unpaired) electrons. The highest BCUT2D eigenvalue weighted by atomic mass is 19.1. The van der Waals surface area contributed by atoms with Crippen LogP contribution in [0.1, 0.15) is 25.7 Å². The van der Waals surface area contributed by atoms with Crippen LogP contribution in [0.2, 0.25) is 0 Å². The Bertz CT molecular complexity index is 857. The third kappa shape index (κ3) is 6.35. The number of carbonyl (C=O) groups excluding carboxylic acids is 2. The average molecular weight is 452 g/mol. The second kappa shape index (κ2) is 10.8. The van der Waals surface area contributed by atoms with Crippen LogP contribution in [0.25, 0.3) is 0 Å². The molecule has 0 saturated heterocycles. The maximum absolute atomic E-state index is 13.6. The molecule has 1 fully saturated rings. The number of hydrogen-bond donors (Lipinski definition) is 4. The quantitative estimate of drug-likeness (QED) is 0.466. The Morgan fingerprint density at radius 1 is 0.719 bits per heavy atom. The van der Waals surface area contributed by atoms with Gasteiger partial charge in [-0.05, 0) is 55.4 Å². The molecule has 0 bridgehead atoms. The lowest BCUT2D eigenvalue weighted by atomic mass is 9.81. The van der Waals surface area contributed by atoms with Gasteiger partial charge in [-0.3, -0.25) is 0 Å². The first-order chi connectivity index (χ1) is 15.3. The smallest absolute Gasteiger partial charge is 0.319 e. The normalized spacial score (nSPS) is 18.0. The number of nitrogens with one attached hydrogen (secondary N) is 4. The van der Waals surface area contributed by atoms with Gasteiger partial charge in [-0.1, -0.05) is 18.6 Å². The molecule has 2 aromatic carbocycles. The van der Waals surface area contributed by atoms with Crippen molar-refractivity contribution in [3.63, 3.8) is 0 Å². The molecule has 1 saturated carbocycles. The first-order valence-electron chi connectivity index (χ1n) is 10.3. The maximum atomic E-state index is 13.6. The van der Waals surface area contributed by atoms with E-state index in [2.05, 4.69) is 21.3 Å². The summed E-state index contributed by atoms with van der Waals surface area (Å²) in [6, 6.07) is 5.19. The second-order valence-corrected chi connectivity index (χ2v) is 7.76. The van der Waals surface area contributed by atoms with Gasteiger partial charge in [0.25, 0.3) is 0 Å². The zero-order chi connectivity index (χ0) is 23.1. The van der Waals surface area contributed by atoms with E-state index in [4.69, 9.17) is 0 Å². The van der Waals surface area contributed by atoms with E-state index in [9.17, 15) is 27.2 Å². The van der Waals surface area contributed by atoms with Gasteiger partial charge in [0.2, 0.25) is 0 Å². The molecule has 2 atom stereocenters. The van der Waals surface area contributed by atoms with Crippen LogP contribution in [0.15, 0.2) is 36.4 Å². The number of para-hydroxylation sites is 2. The van der Waals surface area contributed by atoms with Crippen molar-refractivity contribution in [2.75, 3.05) is 23.7 Å². The van der Waals surface area contributed by atoms with Gasteiger partial charge in [0.15, 0.2) is 0 Å². The lowest BCUT2D eigenvalue weighted by Gasteiger charge is -2.29. The van der Waals surface area contributed by atoms with E-state index >= 15 is 0 Å². The Labute approximate surface area is 182 Å². The SMILES string of the molecule is O=C(NCC1CCCC(CNC(=O)Nc2c(F)cccc2F)C1)Nc1c(F)cccc1F. The number of carbonyl (C=O) groups is 2. The van der Waals surface area contributed by atoms with Crippen LogP contribution in [-0.4, -0.2) is 25.2 Å². The predicted octanol–water partition coefficient (Wildman–Crippen LogP) is 4.99. The van der Waals surface area contributed by atoms with Gasteiger partial charge >= 0.3 is 12.1 Å². The van der Waals surface area contributed by atoms with E-state index < -0.39 is 46.7 Å². The van der Waals surface area contributed by atoms with E-state index in [1.807, 2.05) is 0 Å². The number of benzene rings is 2. The number of amides is 4. The molecule has 172 valence electrons. The second-order valence-electron chi connectivity index (χ2n) is 7.76. The number of halogens is 4. The summed E-state index contributed by atoms with van der Waals surface area (Å²) in [6.07, 6.45) is 3.31. The molecule has 4 N–H and O–H groups in total. The van der Waals surface area contributed by atoms with E-state index in [1.54, 1.807) is 0 Å². The van der Waals surface area contributed by atoms with Crippen LogP contribution < -0.4 is 21.3 Å². The Balaban J connectivity index is 1.42. The Kier molecular flexibility index (Phi) is 7.91. The highest BCUT2D eigenvalue weighted by Gasteiger charge is 2.23. The van der Waals surface area contributed by atoms with Crippen molar-refractivity contribution in [2.45, 2.75) is 25.7 Å². The minimum Gasteiger partial charge on any atom is -0.338 e. The van der Waals surface area contributed by atoms with Crippen molar-refractivity contribution < 1.29 is 27.2 Å². The number of rotatable bonds is 6. The molecule has 3 rings (SSSR count). The highest BCUT2D eigenvalue weighted by Crippen LogP contribution is 2.28. The van der Waals surface area contributed by atoms with Gasteiger partial charge in [0.1, 0.15) is 34.6 Å². The van der Waals surface area contributed by atoms with Crippen molar-refractivity contribution in [1.82, 2.24) is 10.6 Å². The fraction of sp³-hybridized carbons (Fsp3) is 0.364. The summed E-state index contributed by atoms with van der Waals surface area (Å²) in [5, 5.41) is 9.59. The van der Waals surface area contributed by atoms with Crippen LogP contribution in [0.4, 0.5) is 38.5 Å². The molecule has 10 heteroatoms. The third-order valence-electron chi connectivity index (χ3n) is 5.40. The molecule has 32 heavy (non-hydrogen) atoms. The lowest BCUT2D eigenvalue weighted by Crippen LogP contribution is -2.38. The van der Waals surface area contributed by atoms with Gasteiger partial charge < -0.3 is 21.3 Å². The molecule has 0 spiro atoms. The summed E-state index contributed by atoms with van der Waals surface area (Å²) in [5.74, 6) is -3.21. The van der Waals surface area contributed by atoms with Crippen LogP contribution in [-0.2, 0) is 0 Å². The number of urea groups is 2. The van der Waals surface area contributed by atoms with E-state index in [1.165, 1.54) is 12.1 Å². The minimum absolute atomic E-state index is 0.124. The van der Waals surface area contributed by atoms with Crippen LogP contribution >= 0.6 is 0 Å². The summed E-state index contributed by atoms with van der Waals surface area (Å²) in [4.78, 5) is 24.0. The largest absolute Gasteiger partial charge is 0.338 e. The number of hydrogen-bond acceptors (Lipinski definition) is 2. The Morgan fingerprint density at radius 3 is 1.47 bits per heavy atom. The van der Waals surface area contributed by atoms with Crippen molar-refractivity contribution in [3.8, 4) is 0 Å². The number of anilines is 2. The Hall–Kier alpha value is -3.30. The molecule has 4 amide bonds. The van der Waals surface area contributed by atoms with E-state index in [-0.39, 0.29) is 11.8 Å². The minimum atomic E-state index is -0.863. The standard InChI is InChI=1S/C22H24F4N4O2/c23-15-6-2-7-16(24)19(15)29-21(31)27-11-13-4-1-5-14(10-13)12-28-22(32)30-20-17(25)8-3-9-18(20)26/h2-3,6-9,13-14H,1,4-5,10-12H2,(H2,27,29,31)(H2,28,30,32). The predicted molar refractivity (Wildman–Crippen MR) is 112 cm³/mol. The molecular weight excluding hydrogens is 428 g/mol. The van der Waals surface area contributed by atoms with Gasteiger partial charge in [0.05, 0.1) is 0 Å². The molecule has 2 aromatic rings. The summed E-state index contributed by atoms with van der Waals surface area (Å²) in [6.45, 7) is 0.621. The molecule has 1 aliphatic carbocycles. The van der Waals surface area contributed by atoms with Crippen LogP contribution in [0.5, 0.6) is 0 Å². The summed E-state index contributed by atoms with van der Waals surface area (Å²) in [7, 11) is 0.